The van der Waals surface area contributed by atoms with E-state index in [2.05, 4.69) is 19.2 Å². The maximum Gasteiger partial charge on any atom is 0.320 e. The molecule has 1 aliphatic rings. The number of ether oxygens (including phenoxy) is 2. The van der Waals surface area contributed by atoms with Crippen molar-refractivity contribution in [2.75, 3.05) is 6.54 Å². The largest absolute Gasteiger partial charge is 0.459 e. The summed E-state index contributed by atoms with van der Waals surface area (Å²) in [6.07, 6.45) is 2.42. The van der Waals surface area contributed by atoms with Crippen LogP contribution in [-0.2, 0) is 14.3 Å². The maximum atomic E-state index is 11.5. The molecule has 100 valence electrons. The topological polar surface area (TPSA) is 47.6 Å². The van der Waals surface area contributed by atoms with Gasteiger partial charge in [-0.05, 0) is 47.5 Å². The molecule has 0 bridgehead atoms. The van der Waals surface area contributed by atoms with Gasteiger partial charge in [0.05, 0.1) is 18.8 Å². The van der Waals surface area contributed by atoms with Crippen molar-refractivity contribution in [1.82, 2.24) is 5.32 Å². The van der Waals surface area contributed by atoms with Gasteiger partial charge in [-0.3, -0.25) is 4.79 Å². The van der Waals surface area contributed by atoms with E-state index in [4.69, 9.17) is 9.47 Å². The number of carbonyl (C=O) groups excluding carboxylic acids is 1. The van der Waals surface area contributed by atoms with Crippen molar-refractivity contribution in [1.29, 1.82) is 0 Å². The summed E-state index contributed by atoms with van der Waals surface area (Å²) < 4.78 is 10.9. The second-order valence-electron chi connectivity index (χ2n) is 5.89. The Kier molecular flexibility index (Phi) is 4.95. The summed E-state index contributed by atoms with van der Waals surface area (Å²) in [6, 6.07) is 0.348. The van der Waals surface area contributed by atoms with Gasteiger partial charge in [0.1, 0.15) is 5.60 Å². The normalized spacial score (nSPS) is 30.1. The highest BCUT2D eigenvalue weighted by atomic mass is 16.6. The highest BCUT2D eigenvalue weighted by Crippen LogP contribution is 2.18. The van der Waals surface area contributed by atoms with Gasteiger partial charge in [-0.25, -0.2) is 0 Å². The zero-order valence-electron chi connectivity index (χ0n) is 11.6. The van der Waals surface area contributed by atoms with Gasteiger partial charge in [0.25, 0.3) is 0 Å². The molecule has 0 aromatic heterocycles. The monoisotopic (exact) mass is 243 g/mol. The first-order chi connectivity index (χ1) is 7.76. The van der Waals surface area contributed by atoms with Crippen molar-refractivity contribution in [2.24, 2.45) is 0 Å². The van der Waals surface area contributed by atoms with Crippen LogP contribution in [0.15, 0.2) is 0 Å². The SMILES string of the molecule is CC1CC(NCC(=O)OC(C)(C)C)CC(C)O1. The third-order valence-corrected chi connectivity index (χ3v) is 2.65. The molecule has 0 amide bonds. The van der Waals surface area contributed by atoms with Crippen molar-refractivity contribution in [3.63, 3.8) is 0 Å². The van der Waals surface area contributed by atoms with E-state index in [1.807, 2.05) is 20.8 Å². The Morgan fingerprint density at radius 2 is 1.82 bits per heavy atom. The lowest BCUT2D eigenvalue weighted by atomic mass is 10.00. The lowest BCUT2D eigenvalue weighted by Gasteiger charge is -2.32. The van der Waals surface area contributed by atoms with Crippen LogP contribution in [0.3, 0.4) is 0 Å². The minimum atomic E-state index is -0.408. The lowest BCUT2D eigenvalue weighted by Crippen LogP contribution is -2.44. The molecule has 0 aromatic carbocycles. The molecule has 0 aliphatic carbocycles. The average molecular weight is 243 g/mol. The fraction of sp³-hybridized carbons (Fsp3) is 0.923. The first-order valence-electron chi connectivity index (χ1n) is 6.37. The summed E-state index contributed by atoms with van der Waals surface area (Å²) in [5, 5.41) is 3.25. The van der Waals surface area contributed by atoms with Crippen LogP contribution in [0.5, 0.6) is 0 Å². The van der Waals surface area contributed by atoms with E-state index in [1.54, 1.807) is 0 Å². The molecule has 2 atom stereocenters. The van der Waals surface area contributed by atoms with Crippen molar-refractivity contribution >= 4 is 5.97 Å². The van der Waals surface area contributed by atoms with Crippen LogP contribution in [0, 0.1) is 0 Å². The predicted octanol–water partition coefficient (Wildman–Crippen LogP) is 1.87. The molecule has 1 rings (SSSR count). The fourth-order valence-corrected chi connectivity index (χ4v) is 2.18. The number of nitrogens with one attached hydrogen (secondary N) is 1. The van der Waals surface area contributed by atoms with Gasteiger partial charge in [0.15, 0.2) is 0 Å². The van der Waals surface area contributed by atoms with Crippen molar-refractivity contribution in [2.45, 2.75) is 71.3 Å². The highest BCUT2D eigenvalue weighted by Gasteiger charge is 2.25. The van der Waals surface area contributed by atoms with E-state index >= 15 is 0 Å². The molecule has 0 spiro atoms. The summed E-state index contributed by atoms with van der Waals surface area (Å²) in [5.74, 6) is -0.190. The van der Waals surface area contributed by atoms with Crippen LogP contribution < -0.4 is 5.32 Å². The van der Waals surface area contributed by atoms with Gasteiger partial charge in [-0.2, -0.15) is 0 Å². The molecule has 1 fully saturated rings. The molecule has 17 heavy (non-hydrogen) atoms. The zero-order valence-corrected chi connectivity index (χ0v) is 11.6. The maximum absolute atomic E-state index is 11.5. The third kappa shape index (κ3) is 6.03. The van der Waals surface area contributed by atoms with Crippen molar-refractivity contribution < 1.29 is 14.3 Å². The Hall–Kier alpha value is -0.610. The van der Waals surface area contributed by atoms with E-state index in [-0.39, 0.29) is 24.7 Å². The van der Waals surface area contributed by atoms with Crippen LogP contribution in [-0.4, -0.2) is 36.4 Å². The molecule has 4 nitrogen and oxygen atoms in total. The molecule has 4 heteroatoms. The summed E-state index contributed by atoms with van der Waals surface area (Å²) in [5.41, 5.74) is -0.408. The number of hydrogen-bond acceptors (Lipinski definition) is 4. The Bertz CT molecular complexity index is 250. The molecule has 2 unspecified atom stereocenters. The van der Waals surface area contributed by atoms with E-state index in [0.29, 0.717) is 6.04 Å². The highest BCUT2D eigenvalue weighted by molar-refractivity contribution is 5.72. The number of carbonyl (C=O) groups is 1. The van der Waals surface area contributed by atoms with Crippen molar-refractivity contribution in [3.05, 3.63) is 0 Å². The molecule has 1 saturated heterocycles. The quantitative estimate of drug-likeness (QED) is 0.769. The Morgan fingerprint density at radius 3 is 2.29 bits per heavy atom. The zero-order chi connectivity index (χ0) is 13.1. The third-order valence-electron chi connectivity index (χ3n) is 2.65. The van der Waals surface area contributed by atoms with Crippen LogP contribution >= 0.6 is 0 Å². The van der Waals surface area contributed by atoms with Gasteiger partial charge in [0, 0.05) is 6.04 Å². The standard InChI is InChI=1S/C13H25NO3/c1-9-6-11(7-10(2)16-9)14-8-12(15)17-13(3,4)5/h9-11,14H,6-8H2,1-5H3. The minimum Gasteiger partial charge on any atom is -0.459 e. The van der Waals surface area contributed by atoms with Crippen molar-refractivity contribution in [3.8, 4) is 0 Å². The summed E-state index contributed by atoms with van der Waals surface area (Å²) in [6.45, 7) is 10.0. The van der Waals surface area contributed by atoms with Gasteiger partial charge >= 0.3 is 5.97 Å². The van der Waals surface area contributed by atoms with Gasteiger partial charge in [-0.15, -0.1) is 0 Å². The molecule has 0 aromatic rings. The van der Waals surface area contributed by atoms with E-state index in [9.17, 15) is 4.79 Å². The Balaban J connectivity index is 2.28. The summed E-state index contributed by atoms with van der Waals surface area (Å²) >= 11 is 0. The van der Waals surface area contributed by atoms with Crippen LogP contribution in [0.25, 0.3) is 0 Å². The second-order valence-corrected chi connectivity index (χ2v) is 5.89. The number of rotatable bonds is 3. The van der Waals surface area contributed by atoms with Crippen LogP contribution in [0.2, 0.25) is 0 Å². The first-order valence-corrected chi connectivity index (χ1v) is 6.37. The minimum absolute atomic E-state index is 0.190. The smallest absolute Gasteiger partial charge is 0.320 e. The number of esters is 1. The summed E-state index contributed by atoms with van der Waals surface area (Å²) in [7, 11) is 0. The molecule has 1 aliphatic heterocycles. The fourth-order valence-electron chi connectivity index (χ4n) is 2.18. The van der Waals surface area contributed by atoms with Crippen LogP contribution in [0.4, 0.5) is 0 Å². The van der Waals surface area contributed by atoms with Gasteiger partial charge in [0.2, 0.25) is 0 Å². The second kappa shape index (κ2) is 5.83. The number of hydrogen-bond donors (Lipinski definition) is 1. The summed E-state index contributed by atoms with van der Waals surface area (Å²) in [4.78, 5) is 11.5. The molecule has 1 N–H and O–H groups in total. The van der Waals surface area contributed by atoms with E-state index in [0.717, 1.165) is 12.8 Å². The predicted molar refractivity (Wildman–Crippen MR) is 66.9 cm³/mol. The van der Waals surface area contributed by atoms with Gasteiger partial charge in [-0.1, -0.05) is 0 Å². The molecule has 1 heterocycles. The van der Waals surface area contributed by atoms with Crippen LogP contribution in [0.1, 0.15) is 47.5 Å². The first kappa shape index (κ1) is 14.5. The lowest BCUT2D eigenvalue weighted by molar-refractivity contribution is -0.154. The van der Waals surface area contributed by atoms with Gasteiger partial charge < -0.3 is 14.8 Å². The molecular formula is C13H25NO3. The molecule has 0 radical (unpaired) electrons. The Labute approximate surface area is 104 Å². The average Bonchev–Trinajstić information content (AvgIpc) is 2.10. The Morgan fingerprint density at radius 1 is 1.29 bits per heavy atom. The molecule has 0 saturated carbocycles. The molecular weight excluding hydrogens is 218 g/mol. The van der Waals surface area contributed by atoms with E-state index in [1.165, 1.54) is 0 Å². The van der Waals surface area contributed by atoms with E-state index < -0.39 is 5.60 Å².